The summed E-state index contributed by atoms with van der Waals surface area (Å²) in [6.07, 6.45) is -1.53. The van der Waals surface area contributed by atoms with Gasteiger partial charge in [0.05, 0.1) is 6.07 Å². The minimum Gasteiger partial charge on any atom is -0.457 e. The van der Waals surface area contributed by atoms with Gasteiger partial charge in [-0.05, 0) is 20.8 Å². The summed E-state index contributed by atoms with van der Waals surface area (Å²) in [5.41, 5.74) is 0.763. The summed E-state index contributed by atoms with van der Waals surface area (Å²) >= 11 is 0. The van der Waals surface area contributed by atoms with Gasteiger partial charge in [0.25, 0.3) is 11.8 Å². The molecule has 0 aliphatic heterocycles. The molecule has 3 atom stereocenters. The molecule has 0 spiro atoms. The van der Waals surface area contributed by atoms with Crippen molar-refractivity contribution in [3.63, 3.8) is 0 Å². The first-order valence-electron chi connectivity index (χ1n) is 7.71. The van der Waals surface area contributed by atoms with Gasteiger partial charge in [-0.1, -0.05) is 30.3 Å². The van der Waals surface area contributed by atoms with Crippen LogP contribution < -0.4 is 9.47 Å². The van der Waals surface area contributed by atoms with Gasteiger partial charge >= 0.3 is 0 Å². The number of nitrogens with zero attached hydrogens (tertiary/aromatic N) is 5. The van der Waals surface area contributed by atoms with Crippen LogP contribution in [0.2, 0.25) is 0 Å². The first kappa shape index (κ1) is 17.8. The molecule has 0 amide bonds. The zero-order chi connectivity index (χ0) is 18.4. The third-order valence-corrected chi connectivity index (χ3v) is 3.38. The van der Waals surface area contributed by atoms with Gasteiger partial charge in [0, 0.05) is 5.56 Å². The van der Waals surface area contributed by atoms with Crippen molar-refractivity contribution in [2.45, 2.75) is 39.0 Å². The van der Waals surface area contributed by atoms with Crippen molar-refractivity contribution in [1.82, 2.24) is 9.55 Å². The molecule has 25 heavy (non-hydrogen) atoms. The van der Waals surface area contributed by atoms with Crippen LogP contribution in [0.1, 0.15) is 26.8 Å². The maximum absolute atomic E-state index is 9.40. The first-order valence-corrected chi connectivity index (χ1v) is 7.71. The maximum Gasteiger partial charge on any atom is 0.279 e. The Morgan fingerprint density at radius 3 is 2.08 bits per heavy atom. The summed E-state index contributed by atoms with van der Waals surface area (Å²) in [4.78, 5) is 4.43. The highest BCUT2D eigenvalue weighted by atomic mass is 16.5. The Bertz CT molecular complexity index is 855. The summed E-state index contributed by atoms with van der Waals surface area (Å²) < 4.78 is 12.8. The zero-order valence-electron chi connectivity index (χ0n) is 14.2. The van der Waals surface area contributed by atoms with Crippen LogP contribution in [-0.2, 0) is 0 Å². The summed E-state index contributed by atoms with van der Waals surface area (Å²) in [5, 5.41) is 27.5. The van der Waals surface area contributed by atoms with Crippen LogP contribution in [0.3, 0.4) is 0 Å². The summed E-state index contributed by atoms with van der Waals surface area (Å²) in [6, 6.07) is 14.7. The van der Waals surface area contributed by atoms with Gasteiger partial charge in [-0.15, -0.1) is 0 Å². The van der Waals surface area contributed by atoms with E-state index in [1.54, 1.807) is 25.3 Å². The normalized spacial score (nSPS) is 13.6. The largest absolute Gasteiger partial charge is 0.457 e. The van der Waals surface area contributed by atoms with Crippen LogP contribution in [0.25, 0.3) is 11.4 Å². The fraction of sp³-hybridized carbons (Fsp3) is 0.333. The van der Waals surface area contributed by atoms with E-state index in [0.29, 0.717) is 5.82 Å². The molecule has 0 saturated heterocycles. The van der Waals surface area contributed by atoms with E-state index in [2.05, 4.69) is 11.1 Å². The molecule has 1 heterocycles. The van der Waals surface area contributed by atoms with Crippen LogP contribution in [0.5, 0.6) is 11.8 Å². The van der Waals surface area contributed by atoms with Gasteiger partial charge in [0.1, 0.15) is 24.0 Å². The second-order valence-corrected chi connectivity index (χ2v) is 5.37. The highest BCUT2D eigenvalue weighted by Crippen LogP contribution is 2.37. The predicted octanol–water partition coefficient (Wildman–Crippen LogP) is 3.22. The second kappa shape index (κ2) is 7.86. The molecular weight excluding hydrogens is 318 g/mol. The van der Waals surface area contributed by atoms with Crippen molar-refractivity contribution in [2.24, 2.45) is 0 Å². The smallest absolute Gasteiger partial charge is 0.279 e. The molecule has 0 N–H and O–H groups in total. The number of nitriles is 3. The van der Waals surface area contributed by atoms with Gasteiger partial charge in [-0.2, -0.15) is 20.8 Å². The molecule has 0 aliphatic carbocycles. The van der Waals surface area contributed by atoms with E-state index in [9.17, 15) is 5.26 Å². The summed E-state index contributed by atoms with van der Waals surface area (Å²) in [6.45, 7) is 4.84. The molecular formula is C18H17N5O2. The Morgan fingerprint density at radius 2 is 1.52 bits per heavy atom. The number of imidazole rings is 1. The Balaban J connectivity index is 2.67. The topological polar surface area (TPSA) is 108 Å². The van der Waals surface area contributed by atoms with Crippen LogP contribution in [0, 0.1) is 34.0 Å². The number of hydrogen-bond acceptors (Lipinski definition) is 6. The minimum absolute atomic E-state index is 0.0807. The Labute approximate surface area is 146 Å². The van der Waals surface area contributed by atoms with E-state index in [1.807, 2.05) is 42.5 Å². The lowest BCUT2D eigenvalue weighted by molar-refractivity contribution is 0.211. The van der Waals surface area contributed by atoms with Crippen LogP contribution in [0.4, 0.5) is 0 Å². The fourth-order valence-corrected chi connectivity index (χ4v) is 2.18. The Morgan fingerprint density at radius 1 is 0.920 bits per heavy atom. The van der Waals surface area contributed by atoms with Crippen molar-refractivity contribution in [2.75, 3.05) is 0 Å². The highest BCUT2D eigenvalue weighted by molar-refractivity contribution is 5.59. The summed E-state index contributed by atoms with van der Waals surface area (Å²) in [7, 11) is 0. The van der Waals surface area contributed by atoms with E-state index in [4.69, 9.17) is 20.0 Å². The van der Waals surface area contributed by atoms with Crippen LogP contribution in [-0.4, -0.2) is 21.8 Å². The molecule has 0 saturated carbocycles. The lowest BCUT2D eigenvalue weighted by atomic mass is 10.2. The molecule has 0 radical (unpaired) electrons. The van der Waals surface area contributed by atoms with E-state index in [1.165, 1.54) is 0 Å². The standard InChI is InChI=1S/C18H17N5O2/c1-12(9-19)23-16(15-7-5-4-6-8-15)22-17(24-13(2)10-20)18(23)25-14(3)11-21/h4-8,12-14H,1-3H3. The van der Waals surface area contributed by atoms with Gasteiger partial charge in [-0.3, -0.25) is 4.57 Å². The van der Waals surface area contributed by atoms with Gasteiger partial charge in [0.15, 0.2) is 12.2 Å². The number of rotatable bonds is 6. The van der Waals surface area contributed by atoms with Crippen molar-refractivity contribution in [3.05, 3.63) is 30.3 Å². The molecule has 0 bridgehead atoms. The highest BCUT2D eigenvalue weighted by Gasteiger charge is 2.27. The molecule has 7 heteroatoms. The zero-order valence-corrected chi connectivity index (χ0v) is 14.2. The summed E-state index contributed by atoms with van der Waals surface area (Å²) in [5.74, 6) is 0.705. The monoisotopic (exact) mass is 335 g/mol. The number of aromatic nitrogens is 2. The Hall–Kier alpha value is -3.50. The van der Waals surface area contributed by atoms with Gasteiger partial charge < -0.3 is 9.47 Å². The third kappa shape index (κ3) is 3.88. The number of ether oxygens (including phenoxy) is 2. The quantitative estimate of drug-likeness (QED) is 0.802. The number of benzene rings is 1. The molecule has 2 aromatic rings. The first-order chi connectivity index (χ1) is 12.0. The van der Waals surface area contributed by atoms with E-state index in [0.717, 1.165) is 5.56 Å². The second-order valence-electron chi connectivity index (χ2n) is 5.37. The van der Waals surface area contributed by atoms with E-state index >= 15 is 0 Å². The van der Waals surface area contributed by atoms with Crippen LogP contribution >= 0.6 is 0 Å². The maximum atomic E-state index is 9.40. The van der Waals surface area contributed by atoms with Crippen molar-refractivity contribution < 1.29 is 9.47 Å². The van der Waals surface area contributed by atoms with E-state index < -0.39 is 18.2 Å². The SMILES string of the molecule is CC(C#N)Oc1nc(-c2ccccc2)n(C(C)C#N)c1OC(C)C#N. The molecule has 0 aliphatic rings. The van der Waals surface area contributed by atoms with Gasteiger partial charge in [-0.25, -0.2) is 0 Å². The predicted molar refractivity (Wildman–Crippen MR) is 89.4 cm³/mol. The molecule has 3 unspecified atom stereocenters. The fourth-order valence-electron chi connectivity index (χ4n) is 2.18. The molecule has 7 nitrogen and oxygen atoms in total. The van der Waals surface area contributed by atoms with Crippen molar-refractivity contribution >= 4 is 0 Å². The van der Waals surface area contributed by atoms with Crippen LogP contribution in [0.15, 0.2) is 30.3 Å². The average Bonchev–Trinajstić information content (AvgIpc) is 2.99. The van der Waals surface area contributed by atoms with Crippen molar-refractivity contribution in [3.8, 4) is 41.4 Å². The van der Waals surface area contributed by atoms with E-state index in [-0.39, 0.29) is 11.8 Å². The molecule has 0 fully saturated rings. The Kier molecular flexibility index (Phi) is 5.61. The number of hydrogen-bond donors (Lipinski definition) is 0. The van der Waals surface area contributed by atoms with Crippen molar-refractivity contribution in [1.29, 1.82) is 15.8 Å². The molecule has 126 valence electrons. The molecule has 2 rings (SSSR count). The molecule has 1 aromatic carbocycles. The molecule has 1 aromatic heterocycles. The lowest BCUT2D eigenvalue weighted by Crippen LogP contribution is -2.16. The van der Waals surface area contributed by atoms with Gasteiger partial charge in [0.2, 0.25) is 0 Å². The average molecular weight is 335 g/mol. The minimum atomic E-state index is -0.773. The third-order valence-electron chi connectivity index (χ3n) is 3.38. The lowest BCUT2D eigenvalue weighted by Gasteiger charge is -2.16.